The highest BCUT2D eigenvalue weighted by Crippen LogP contribution is 2.13. The van der Waals surface area contributed by atoms with Gasteiger partial charge in [-0.25, -0.2) is 4.98 Å². The fourth-order valence-electron chi connectivity index (χ4n) is 1.59. The van der Waals surface area contributed by atoms with E-state index >= 15 is 0 Å². The molecule has 0 fully saturated rings. The number of aryl methyl sites for hydroxylation is 1. The van der Waals surface area contributed by atoms with Gasteiger partial charge in [0.25, 0.3) is 0 Å². The van der Waals surface area contributed by atoms with Crippen LogP contribution in [0.25, 0.3) is 0 Å². The van der Waals surface area contributed by atoms with Gasteiger partial charge in [-0.05, 0) is 19.3 Å². The summed E-state index contributed by atoms with van der Waals surface area (Å²) in [6.45, 7) is 10.0. The first-order chi connectivity index (χ1) is 7.67. The van der Waals surface area contributed by atoms with Crippen molar-refractivity contribution in [2.45, 2.75) is 53.0 Å². The van der Waals surface area contributed by atoms with Crippen molar-refractivity contribution in [3.8, 4) is 0 Å². The third kappa shape index (κ3) is 4.22. The Kier molecular flexibility index (Phi) is 5.99. The van der Waals surface area contributed by atoms with Crippen LogP contribution < -0.4 is 5.32 Å². The van der Waals surface area contributed by atoms with Crippen molar-refractivity contribution in [1.29, 1.82) is 0 Å². The van der Waals surface area contributed by atoms with Crippen molar-refractivity contribution >= 4 is 11.3 Å². The number of rotatable bonds is 7. The average Bonchev–Trinajstić information content (AvgIpc) is 2.75. The lowest BCUT2D eigenvalue weighted by atomic mass is 10.0. The van der Waals surface area contributed by atoms with E-state index in [2.05, 4.69) is 38.0 Å². The first-order valence-electron chi connectivity index (χ1n) is 6.34. The van der Waals surface area contributed by atoms with Crippen LogP contribution in [0.3, 0.4) is 0 Å². The number of thiazole rings is 1. The molecule has 16 heavy (non-hydrogen) atoms. The Hall–Kier alpha value is -0.410. The Labute approximate surface area is 103 Å². The van der Waals surface area contributed by atoms with Gasteiger partial charge in [0.1, 0.15) is 0 Å². The van der Waals surface area contributed by atoms with E-state index in [9.17, 15) is 0 Å². The fourth-order valence-corrected chi connectivity index (χ4v) is 2.45. The van der Waals surface area contributed by atoms with E-state index in [1.165, 1.54) is 16.3 Å². The number of nitrogens with zero attached hydrogens (tertiary/aromatic N) is 1. The fraction of sp³-hybridized carbons (Fsp3) is 0.769. The van der Waals surface area contributed by atoms with Gasteiger partial charge >= 0.3 is 0 Å². The molecule has 0 amide bonds. The molecule has 92 valence electrons. The van der Waals surface area contributed by atoms with Crippen LogP contribution in [0.5, 0.6) is 0 Å². The van der Waals surface area contributed by atoms with Crippen LogP contribution in [0.1, 0.15) is 44.0 Å². The van der Waals surface area contributed by atoms with Crippen molar-refractivity contribution in [1.82, 2.24) is 10.3 Å². The van der Waals surface area contributed by atoms with Crippen LogP contribution in [0.15, 0.2) is 6.20 Å². The second kappa shape index (κ2) is 7.02. The van der Waals surface area contributed by atoms with Crippen LogP contribution in [0.2, 0.25) is 0 Å². The van der Waals surface area contributed by atoms with E-state index in [0.29, 0.717) is 6.04 Å². The molecule has 2 atom stereocenters. The van der Waals surface area contributed by atoms with E-state index in [0.717, 1.165) is 25.3 Å². The predicted octanol–water partition coefficient (Wildman–Crippen LogP) is 3.27. The highest BCUT2D eigenvalue weighted by atomic mass is 32.1. The number of hydrogen-bond acceptors (Lipinski definition) is 3. The van der Waals surface area contributed by atoms with Crippen LogP contribution in [-0.2, 0) is 12.8 Å². The summed E-state index contributed by atoms with van der Waals surface area (Å²) < 4.78 is 0. The van der Waals surface area contributed by atoms with E-state index in [4.69, 9.17) is 0 Å². The maximum absolute atomic E-state index is 4.43. The van der Waals surface area contributed by atoms with Gasteiger partial charge in [0.15, 0.2) is 0 Å². The highest BCUT2D eigenvalue weighted by Gasteiger charge is 2.09. The molecule has 2 unspecified atom stereocenters. The lowest BCUT2D eigenvalue weighted by Gasteiger charge is -2.19. The summed E-state index contributed by atoms with van der Waals surface area (Å²) in [6, 6.07) is 0.607. The Morgan fingerprint density at radius 1 is 1.38 bits per heavy atom. The standard InChI is InChI=1S/C13H24N2S/c1-5-10(3)11(4)14-8-7-13-15-9-12(6-2)16-13/h9-11,14H,5-8H2,1-4H3. The van der Waals surface area contributed by atoms with Gasteiger partial charge in [0, 0.05) is 30.1 Å². The Morgan fingerprint density at radius 3 is 2.69 bits per heavy atom. The smallest absolute Gasteiger partial charge is 0.0940 e. The lowest BCUT2D eigenvalue weighted by molar-refractivity contribution is 0.393. The summed E-state index contributed by atoms with van der Waals surface area (Å²) in [5.41, 5.74) is 0. The molecule has 0 saturated carbocycles. The van der Waals surface area contributed by atoms with Gasteiger partial charge in [-0.2, -0.15) is 0 Å². The molecule has 0 spiro atoms. The van der Waals surface area contributed by atoms with Crippen molar-refractivity contribution < 1.29 is 0 Å². The zero-order valence-electron chi connectivity index (χ0n) is 10.9. The first-order valence-corrected chi connectivity index (χ1v) is 7.16. The Balaban J connectivity index is 2.24. The molecule has 0 bridgehead atoms. The van der Waals surface area contributed by atoms with Crippen molar-refractivity contribution in [3.63, 3.8) is 0 Å². The molecule has 1 rings (SSSR count). The molecular weight excluding hydrogens is 216 g/mol. The molecule has 1 aromatic rings. The zero-order valence-corrected chi connectivity index (χ0v) is 11.7. The molecule has 0 aliphatic heterocycles. The molecule has 2 nitrogen and oxygen atoms in total. The summed E-state index contributed by atoms with van der Waals surface area (Å²) in [5.74, 6) is 0.752. The zero-order chi connectivity index (χ0) is 12.0. The maximum atomic E-state index is 4.43. The van der Waals surface area contributed by atoms with Crippen LogP contribution >= 0.6 is 11.3 Å². The molecule has 1 aromatic heterocycles. The summed E-state index contributed by atoms with van der Waals surface area (Å²) in [5, 5.41) is 4.84. The maximum Gasteiger partial charge on any atom is 0.0940 e. The number of hydrogen-bond donors (Lipinski definition) is 1. The summed E-state index contributed by atoms with van der Waals surface area (Å²) in [4.78, 5) is 5.82. The summed E-state index contributed by atoms with van der Waals surface area (Å²) in [6.07, 6.45) is 5.42. The van der Waals surface area contributed by atoms with E-state index in [1.54, 1.807) is 0 Å². The number of nitrogens with one attached hydrogen (secondary N) is 1. The third-order valence-electron chi connectivity index (χ3n) is 3.25. The molecule has 0 aliphatic rings. The van der Waals surface area contributed by atoms with Gasteiger partial charge in [0.05, 0.1) is 5.01 Å². The van der Waals surface area contributed by atoms with Gasteiger partial charge < -0.3 is 5.32 Å². The summed E-state index contributed by atoms with van der Waals surface area (Å²) in [7, 11) is 0. The molecule has 0 aromatic carbocycles. The van der Waals surface area contributed by atoms with E-state index < -0.39 is 0 Å². The Bertz CT molecular complexity index is 296. The predicted molar refractivity (Wildman–Crippen MR) is 72.1 cm³/mol. The number of aromatic nitrogens is 1. The van der Waals surface area contributed by atoms with Crippen LogP contribution in [0, 0.1) is 5.92 Å². The molecule has 0 radical (unpaired) electrons. The monoisotopic (exact) mass is 240 g/mol. The molecular formula is C13H24N2S. The molecule has 1 heterocycles. The highest BCUT2D eigenvalue weighted by molar-refractivity contribution is 7.11. The van der Waals surface area contributed by atoms with Crippen molar-refractivity contribution in [2.24, 2.45) is 5.92 Å². The van der Waals surface area contributed by atoms with Crippen molar-refractivity contribution in [3.05, 3.63) is 16.1 Å². The van der Waals surface area contributed by atoms with E-state index in [-0.39, 0.29) is 0 Å². The molecule has 3 heteroatoms. The molecule has 0 aliphatic carbocycles. The average molecular weight is 240 g/mol. The van der Waals surface area contributed by atoms with E-state index in [1.807, 2.05) is 17.5 Å². The SMILES string of the molecule is CCc1cnc(CCNC(C)C(C)CC)s1. The van der Waals surface area contributed by atoms with Gasteiger partial charge in [-0.3, -0.25) is 0 Å². The van der Waals surface area contributed by atoms with Gasteiger partial charge in [0.2, 0.25) is 0 Å². The first kappa shape index (κ1) is 13.7. The van der Waals surface area contributed by atoms with Crippen molar-refractivity contribution in [2.75, 3.05) is 6.54 Å². The van der Waals surface area contributed by atoms with Crippen LogP contribution in [-0.4, -0.2) is 17.6 Å². The lowest BCUT2D eigenvalue weighted by Crippen LogP contribution is -2.33. The topological polar surface area (TPSA) is 24.9 Å². The van der Waals surface area contributed by atoms with Gasteiger partial charge in [-0.15, -0.1) is 11.3 Å². The Morgan fingerprint density at radius 2 is 2.12 bits per heavy atom. The minimum Gasteiger partial charge on any atom is -0.314 e. The third-order valence-corrected chi connectivity index (χ3v) is 4.45. The summed E-state index contributed by atoms with van der Waals surface area (Å²) >= 11 is 1.85. The minimum absolute atomic E-state index is 0.607. The minimum atomic E-state index is 0.607. The van der Waals surface area contributed by atoms with Gasteiger partial charge in [-0.1, -0.05) is 27.2 Å². The molecule has 0 saturated heterocycles. The van der Waals surface area contributed by atoms with Crippen LogP contribution in [0.4, 0.5) is 0 Å². The largest absolute Gasteiger partial charge is 0.314 e. The second-order valence-electron chi connectivity index (χ2n) is 4.45. The second-order valence-corrected chi connectivity index (χ2v) is 5.65. The molecule has 1 N–H and O–H groups in total. The normalized spacial score (nSPS) is 15.0. The quantitative estimate of drug-likeness (QED) is 0.791.